The Morgan fingerprint density at radius 3 is 2.67 bits per heavy atom. The van der Waals surface area contributed by atoms with Gasteiger partial charge >= 0.3 is 6.18 Å². The number of alkyl halides is 3. The van der Waals surface area contributed by atoms with E-state index in [4.69, 9.17) is 0 Å². The van der Waals surface area contributed by atoms with Crippen molar-refractivity contribution in [2.75, 3.05) is 13.1 Å². The van der Waals surface area contributed by atoms with Crippen molar-refractivity contribution >= 4 is 0 Å². The number of rotatable bonds is 6. The van der Waals surface area contributed by atoms with Gasteiger partial charge < -0.3 is 9.88 Å². The molecular formula is C9H14F3N3. The summed E-state index contributed by atoms with van der Waals surface area (Å²) in [7, 11) is 0. The van der Waals surface area contributed by atoms with Gasteiger partial charge in [0.05, 0.1) is 12.7 Å². The summed E-state index contributed by atoms with van der Waals surface area (Å²) in [4.78, 5) is 3.86. The lowest BCUT2D eigenvalue weighted by Crippen LogP contribution is -2.23. The molecule has 0 saturated heterocycles. The van der Waals surface area contributed by atoms with E-state index in [1.54, 1.807) is 12.5 Å². The molecule has 15 heavy (non-hydrogen) atoms. The zero-order valence-electron chi connectivity index (χ0n) is 8.30. The van der Waals surface area contributed by atoms with Crippen LogP contribution in [0.4, 0.5) is 13.2 Å². The monoisotopic (exact) mass is 221 g/mol. The van der Waals surface area contributed by atoms with Gasteiger partial charge in [-0.3, -0.25) is 0 Å². The Morgan fingerprint density at radius 2 is 2.07 bits per heavy atom. The van der Waals surface area contributed by atoms with Crippen molar-refractivity contribution in [3.05, 3.63) is 18.7 Å². The van der Waals surface area contributed by atoms with Crippen molar-refractivity contribution in [1.29, 1.82) is 0 Å². The van der Waals surface area contributed by atoms with E-state index >= 15 is 0 Å². The number of aryl methyl sites for hydroxylation is 1. The van der Waals surface area contributed by atoms with Gasteiger partial charge in [0, 0.05) is 25.5 Å². The molecule has 0 aliphatic heterocycles. The summed E-state index contributed by atoms with van der Waals surface area (Å²) in [5, 5.41) is 2.75. The van der Waals surface area contributed by atoms with E-state index in [0.717, 1.165) is 13.0 Å². The highest BCUT2D eigenvalue weighted by molar-refractivity contribution is 4.73. The maximum atomic E-state index is 11.7. The van der Waals surface area contributed by atoms with Crippen LogP contribution in [0.3, 0.4) is 0 Å². The first-order chi connectivity index (χ1) is 7.08. The van der Waals surface area contributed by atoms with Crippen LogP contribution in [-0.4, -0.2) is 28.8 Å². The van der Waals surface area contributed by atoms with Crippen LogP contribution in [0.15, 0.2) is 18.7 Å². The smallest absolute Gasteiger partial charge is 0.337 e. The lowest BCUT2D eigenvalue weighted by atomic mass is 10.3. The highest BCUT2D eigenvalue weighted by Crippen LogP contribution is 2.17. The van der Waals surface area contributed by atoms with E-state index < -0.39 is 12.6 Å². The number of halogens is 3. The van der Waals surface area contributed by atoms with Crippen molar-refractivity contribution in [2.24, 2.45) is 0 Å². The molecule has 0 unspecified atom stereocenters. The molecule has 0 atom stereocenters. The van der Waals surface area contributed by atoms with Crippen molar-refractivity contribution in [1.82, 2.24) is 14.9 Å². The molecule has 0 aliphatic carbocycles. The minimum absolute atomic E-state index is 0.00652. The molecule has 1 rings (SSSR count). The standard InChI is InChI=1S/C9H14F3N3/c10-9(11,12)2-4-13-3-1-6-15-7-5-14-8-15/h5,7-8,13H,1-4,6H2. The molecule has 86 valence electrons. The third kappa shape index (κ3) is 6.11. The van der Waals surface area contributed by atoms with Crippen LogP contribution in [-0.2, 0) is 6.54 Å². The Kier molecular flexibility index (Phi) is 4.61. The molecule has 0 amide bonds. The van der Waals surface area contributed by atoms with Gasteiger partial charge in [-0.25, -0.2) is 4.98 Å². The lowest BCUT2D eigenvalue weighted by molar-refractivity contribution is -0.133. The largest absolute Gasteiger partial charge is 0.390 e. The second kappa shape index (κ2) is 5.75. The number of nitrogens with zero attached hydrogens (tertiary/aromatic N) is 2. The molecule has 0 fully saturated rings. The number of hydrogen-bond donors (Lipinski definition) is 1. The van der Waals surface area contributed by atoms with Gasteiger partial charge in [0.15, 0.2) is 0 Å². The van der Waals surface area contributed by atoms with E-state index in [2.05, 4.69) is 10.3 Å². The summed E-state index contributed by atoms with van der Waals surface area (Å²) in [6, 6.07) is 0. The van der Waals surface area contributed by atoms with Crippen molar-refractivity contribution in [3.8, 4) is 0 Å². The third-order valence-electron chi connectivity index (χ3n) is 1.91. The van der Waals surface area contributed by atoms with Gasteiger partial charge in [0.25, 0.3) is 0 Å². The summed E-state index contributed by atoms with van der Waals surface area (Å²) in [5.74, 6) is 0. The second-order valence-electron chi connectivity index (χ2n) is 3.27. The maximum absolute atomic E-state index is 11.7. The minimum atomic E-state index is -4.06. The quantitative estimate of drug-likeness (QED) is 0.742. The molecule has 0 radical (unpaired) electrons. The SMILES string of the molecule is FC(F)(F)CCNCCCn1ccnc1. The van der Waals surface area contributed by atoms with Crippen molar-refractivity contribution in [3.63, 3.8) is 0 Å². The van der Waals surface area contributed by atoms with Gasteiger partial charge in [0.2, 0.25) is 0 Å². The van der Waals surface area contributed by atoms with E-state index in [9.17, 15) is 13.2 Å². The summed E-state index contributed by atoms with van der Waals surface area (Å²) in [6.07, 6.45) is 1.17. The molecule has 0 saturated carbocycles. The Bertz CT molecular complexity index is 256. The van der Waals surface area contributed by atoms with Crippen molar-refractivity contribution in [2.45, 2.75) is 25.6 Å². The molecule has 1 aromatic heterocycles. The van der Waals surface area contributed by atoms with Gasteiger partial charge in [-0.05, 0) is 13.0 Å². The van der Waals surface area contributed by atoms with Crippen LogP contribution in [0.5, 0.6) is 0 Å². The highest BCUT2D eigenvalue weighted by atomic mass is 19.4. The molecule has 3 nitrogen and oxygen atoms in total. The van der Waals surface area contributed by atoms with Gasteiger partial charge in [-0.2, -0.15) is 13.2 Å². The molecule has 1 heterocycles. The van der Waals surface area contributed by atoms with Crippen LogP contribution in [0.25, 0.3) is 0 Å². The summed E-state index contributed by atoms with van der Waals surface area (Å²) in [5.41, 5.74) is 0. The molecular weight excluding hydrogens is 207 g/mol. The Labute approximate surface area is 86.3 Å². The molecule has 0 bridgehead atoms. The van der Waals surface area contributed by atoms with E-state index in [0.29, 0.717) is 6.54 Å². The Balaban J connectivity index is 1.94. The predicted molar refractivity (Wildman–Crippen MR) is 50.4 cm³/mol. The third-order valence-corrected chi connectivity index (χ3v) is 1.91. The fraction of sp³-hybridized carbons (Fsp3) is 0.667. The zero-order chi connectivity index (χ0) is 11.1. The first-order valence-corrected chi connectivity index (χ1v) is 4.81. The van der Waals surface area contributed by atoms with Crippen LogP contribution < -0.4 is 5.32 Å². The Hall–Kier alpha value is -1.04. The summed E-state index contributed by atoms with van der Waals surface area (Å²) >= 11 is 0. The topological polar surface area (TPSA) is 29.9 Å². The minimum Gasteiger partial charge on any atom is -0.337 e. The van der Waals surface area contributed by atoms with Gasteiger partial charge in [0.1, 0.15) is 0 Å². The number of nitrogens with one attached hydrogen (secondary N) is 1. The van der Waals surface area contributed by atoms with E-state index in [-0.39, 0.29) is 6.54 Å². The summed E-state index contributed by atoms with van der Waals surface area (Å²) < 4.78 is 37.1. The van der Waals surface area contributed by atoms with Crippen molar-refractivity contribution < 1.29 is 13.2 Å². The van der Waals surface area contributed by atoms with Crippen LogP contribution in [0.2, 0.25) is 0 Å². The van der Waals surface area contributed by atoms with Crippen LogP contribution >= 0.6 is 0 Å². The summed E-state index contributed by atoms with van der Waals surface area (Å²) in [6.45, 7) is 1.36. The number of hydrogen-bond acceptors (Lipinski definition) is 2. The molecule has 6 heteroatoms. The van der Waals surface area contributed by atoms with E-state index in [1.165, 1.54) is 0 Å². The molecule has 1 N–H and O–H groups in total. The first kappa shape index (κ1) is 12.0. The van der Waals surface area contributed by atoms with Crippen LogP contribution in [0.1, 0.15) is 12.8 Å². The second-order valence-corrected chi connectivity index (χ2v) is 3.27. The number of imidazole rings is 1. The van der Waals surface area contributed by atoms with Crippen LogP contribution in [0, 0.1) is 0 Å². The molecule has 0 aromatic carbocycles. The first-order valence-electron chi connectivity index (χ1n) is 4.81. The lowest BCUT2D eigenvalue weighted by Gasteiger charge is -2.07. The Morgan fingerprint density at radius 1 is 1.27 bits per heavy atom. The zero-order valence-corrected chi connectivity index (χ0v) is 8.30. The van der Waals surface area contributed by atoms with E-state index in [1.807, 2.05) is 10.8 Å². The maximum Gasteiger partial charge on any atom is 0.390 e. The highest BCUT2D eigenvalue weighted by Gasteiger charge is 2.25. The van der Waals surface area contributed by atoms with Gasteiger partial charge in [-0.1, -0.05) is 0 Å². The number of aromatic nitrogens is 2. The molecule has 0 spiro atoms. The molecule has 1 aromatic rings. The molecule has 0 aliphatic rings. The fourth-order valence-electron chi connectivity index (χ4n) is 1.16. The predicted octanol–water partition coefficient (Wildman–Crippen LogP) is 1.82. The average Bonchev–Trinajstić information content (AvgIpc) is 2.61. The average molecular weight is 221 g/mol. The normalized spacial score (nSPS) is 11.9. The van der Waals surface area contributed by atoms with Gasteiger partial charge in [-0.15, -0.1) is 0 Å². The fourth-order valence-corrected chi connectivity index (χ4v) is 1.16.